The van der Waals surface area contributed by atoms with E-state index in [1.54, 1.807) is 0 Å². The highest BCUT2D eigenvalue weighted by Gasteiger charge is 2.27. The van der Waals surface area contributed by atoms with Crippen LogP contribution in [0, 0.1) is 0 Å². The third-order valence-electron chi connectivity index (χ3n) is 10.7. The van der Waals surface area contributed by atoms with E-state index in [1.807, 2.05) is 21.1 Å². The molecule has 0 saturated heterocycles. The number of ether oxygens (including phenoxy) is 2. The van der Waals surface area contributed by atoms with Gasteiger partial charge in [-0.2, -0.15) is 0 Å². The number of likely N-dealkylation sites (N-methyl/N-ethyl adjacent to an activating group) is 1. The second kappa shape index (κ2) is 50.1. The average molecular weight is 993 g/mol. The standard InChI is InChI=1S/C60H98NO8P/c1-6-8-10-12-14-16-17-18-19-20-21-22-23-24-25-26-27-28-29-30-31-32-33-34-35-36-37-38-39-40-41-42-43-45-47-49-51-53-60(63)69-58(57-68-70(64,65)67-55-54-61(3,4)5)56-66-59(62)52-50-48-46-44-15-13-11-9-7-2/h8,10,14,16,18-19,21-22,24-25,27-28,30-31,33-34,36-37,39-40,42-43,58H,6-7,9,11-13,15,17,20,23,26,29,32,35,38,41,44-57H2,1-5H3/p+1/b10-8-,16-14-,19-18-,22-21-,25-24-,28-27-,31-30-,34-33-,37-36-,40-39-,43-42-. The average Bonchev–Trinajstić information content (AvgIpc) is 3.32. The lowest BCUT2D eigenvalue weighted by Gasteiger charge is -2.24. The van der Waals surface area contributed by atoms with E-state index in [2.05, 4.69) is 148 Å². The smallest absolute Gasteiger partial charge is 0.462 e. The Balaban J connectivity index is 4.20. The summed E-state index contributed by atoms with van der Waals surface area (Å²) in [5, 5.41) is 0. The summed E-state index contributed by atoms with van der Waals surface area (Å²) in [6.45, 7) is 4.22. The van der Waals surface area contributed by atoms with Crippen LogP contribution in [0.15, 0.2) is 134 Å². The molecule has 0 radical (unpaired) electrons. The van der Waals surface area contributed by atoms with Gasteiger partial charge in [0.05, 0.1) is 27.7 Å². The number of carbonyl (C=O) groups is 2. The summed E-state index contributed by atoms with van der Waals surface area (Å²) in [7, 11) is 1.43. The van der Waals surface area contributed by atoms with Gasteiger partial charge in [-0.1, -0.05) is 205 Å². The van der Waals surface area contributed by atoms with E-state index in [0.717, 1.165) is 109 Å². The number of hydrogen-bond acceptors (Lipinski definition) is 7. The number of nitrogens with zero attached hydrogens (tertiary/aromatic N) is 1. The number of quaternary nitrogens is 1. The Morgan fingerprint density at radius 3 is 1.21 bits per heavy atom. The molecule has 0 saturated carbocycles. The minimum atomic E-state index is -4.39. The van der Waals surface area contributed by atoms with Gasteiger partial charge in [-0.05, 0) is 96.3 Å². The van der Waals surface area contributed by atoms with E-state index < -0.39 is 26.5 Å². The zero-order valence-electron chi connectivity index (χ0n) is 44.7. The third-order valence-corrected chi connectivity index (χ3v) is 11.7. The Bertz CT molecular complexity index is 1640. The molecule has 396 valence electrons. The van der Waals surface area contributed by atoms with Gasteiger partial charge in [-0.25, -0.2) is 4.57 Å². The molecule has 0 heterocycles. The maximum atomic E-state index is 12.7. The maximum absolute atomic E-state index is 12.7. The van der Waals surface area contributed by atoms with Gasteiger partial charge >= 0.3 is 19.8 Å². The van der Waals surface area contributed by atoms with Gasteiger partial charge in [0.2, 0.25) is 0 Å². The normalized spacial score (nSPS) is 14.4. The van der Waals surface area contributed by atoms with E-state index >= 15 is 0 Å². The van der Waals surface area contributed by atoms with E-state index in [4.69, 9.17) is 18.5 Å². The molecule has 9 nitrogen and oxygen atoms in total. The number of phosphoric ester groups is 1. The lowest BCUT2D eigenvalue weighted by atomic mass is 10.1. The summed E-state index contributed by atoms with van der Waals surface area (Å²) in [6.07, 6.45) is 72.5. The highest BCUT2D eigenvalue weighted by Crippen LogP contribution is 2.43. The first-order chi connectivity index (χ1) is 34.0. The van der Waals surface area contributed by atoms with Crippen LogP contribution in [-0.2, 0) is 32.7 Å². The van der Waals surface area contributed by atoms with E-state index in [0.29, 0.717) is 17.4 Å². The van der Waals surface area contributed by atoms with Crippen LogP contribution in [0.4, 0.5) is 0 Å². The van der Waals surface area contributed by atoms with Crippen molar-refractivity contribution < 1.29 is 42.1 Å². The molecule has 0 amide bonds. The van der Waals surface area contributed by atoms with Crippen LogP contribution in [-0.4, -0.2) is 74.9 Å². The minimum Gasteiger partial charge on any atom is -0.462 e. The summed E-state index contributed by atoms with van der Waals surface area (Å²) in [5.74, 6) is -0.851. The molecule has 0 spiro atoms. The van der Waals surface area contributed by atoms with Gasteiger partial charge < -0.3 is 18.9 Å². The molecule has 0 bridgehead atoms. The van der Waals surface area contributed by atoms with Crippen LogP contribution < -0.4 is 0 Å². The first kappa shape index (κ1) is 66.2. The molecular weight excluding hydrogens is 894 g/mol. The molecule has 0 aliphatic rings. The summed E-state index contributed by atoms with van der Waals surface area (Å²) >= 11 is 0. The van der Waals surface area contributed by atoms with Crippen LogP contribution in [0.5, 0.6) is 0 Å². The number of carbonyl (C=O) groups excluding carboxylic acids is 2. The van der Waals surface area contributed by atoms with E-state index in [9.17, 15) is 19.0 Å². The summed E-state index contributed by atoms with van der Waals surface area (Å²) < 4.78 is 34.3. The monoisotopic (exact) mass is 993 g/mol. The predicted octanol–water partition coefficient (Wildman–Crippen LogP) is 16.6. The van der Waals surface area contributed by atoms with E-state index in [1.165, 1.54) is 38.5 Å². The Morgan fingerprint density at radius 2 is 0.814 bits per heavy atom. The predicted molar refractivity (Wildman–Crippen MR) is 297 cm³/mol. The first-order valence-electron chi connectivity index (χ1n) is 26.9. The molecule has 10 heteroatoms. The summed E-state index contributed by atoms with van der Waals surface area (Å²) in [4.78, 5) is 35.4. The van der Waals surface area contributed by atoms with Crippen LogP contribution in [0.25, 0.3) is 0 Å². The molecule has 0 aliphatic heterocycles. The Kier molecular flexibility index (Phi) is 47.3. The number of esters is 2. The quantitative estimate of drug-likeness (QED) is 0.0211. The van der Waals surface area contributed by atoms with Crippen LogP contribution >= 0.6 is 7.82 Å². The zero-order valence-corrected chi connectivity index (χ0v) is 45.6. The SMILES string of the molecule is CC/C=C\C/C=C\C/C=C\C/C=C\C/C=C\C/C=C\C/C=C\C/C=C\C/C=C\C/C=C\C/C=C\CCCCCC(=O)OC(COC(=O)CCCCCCCCCCC)COP(=O)(O)OCC[N+](C)(C)C. The first-order valence-corrected chi connectivity index (χ1v) is 28.4. The number of unbranched alkanes of at least 4 members (excludes halogenated alkanes) is 11. The van der Waals surface area contributed by atoms with Gasteiger partial charge in [0, 0.05) is 12.8 Å². The van der Waals surface area contributed by atoms with Crippen molar-refractivity contribution in [3.05, 3.63) is 134 Å². The van der Waals surface area contributed by atoms with Crippen molar-refractivity contribution in [3.8, 4) is 0 Å². The number of phosphoric acid groups is 1. The van der Waals surface area contributed by atoms with E-state index in [-0.39, 0.29) is 32.0 Å². The van der Waals surface area contributed by atoms with Gasteiger partial charge in [-0.3, -0.25) is 18.6 Å². The van der Waals surface area contributed by atoms with Crippen molar-refractivity contribution in [1.82, 2.24) is 0 Å². The van der Waals surface area contributed by atoms with Crippen LogP contribution in [0.2, 0.25) is 0 Å². The third kappa shape index (κ3) is 53.5. The molecule has 0 aromatic carbocycles. The lowest BCUT2D eigenvalue weighted by Crippen LogP contribution is -2.37. The second-order valence-electron chi connectivity index (χ2n) is 18.5. The van der Waals surface area contributed by atoms with Crippen molar-refractivity contribution in [3.63, 3.8) is 0 Å². The molecule has 70 heavy (non-hydrogen) atoms. The van der Waals surface area contributed by atoms with Gasteiger partial charge in [0.25, 0.3) is 0 Å². The van der Waals surface area contributed by atoms with Crippen molar-refractivity contribution >= 4 is 19.8 Å². The maximum Gasteiger partial charge on any atom is 0.472 e. The number of allylic oxidation sites excluding steroid dienone is 22. The lowest BCUT2D eigenvalue weighted by molar-refractivity contribution is -0.870. The molecule has 0 fully saturated rings. The number of rotatable bonds is 47. The fourth-order valence-electron chi connectivity index (χ4n) is 6.55. The molecule has 2 unspecified atom stereocenters. The topological polar surface area (TPSA) is 108 Å². The fourth-order valence-corrected chi connectivity index (χ4v) is 7.29. The van der Waals surface area contributed by atoms with Gasteiger partial charge in [-0.15, -0.1) is 0 Å². The van der Waals surface area contributed by atoms with Gasteiger partial charge in [0.1, 0.15) is 19.8 Å². The molecule has 2 atom stereocenters. The Morgan fingerprint density at radius 1 is 0.457 bits per heavy atom. The minimum absolute atomic E-state index is 0.0186. The second-order valence-corrected chi connectivity index (χ2v) is 20.0. The van der Waals surface area contributed by atoms with Crippen molar-refractivity contribution in [1.29, 1.82) is 0 Å². The fraction of sp³-hybridized carbons (Fsp3) is 0.600. The Hall–Kier alpha value is -3.85. The van der Waals surface area contributed by atoms with Crippen LogP contribution in [0.1, 0.15) is 181 Å². The molecule has 0 aliphatic carbocycles. The zero-order chi connectivity index (χ0) is 51.3. The summed E-state index contributed by atoms with van der Waals surface area (Å²) in [5.41, 5.74) is 0. The van der Waals surface area contributed by atoms with Gasteiger partial charge in [0.15, 0.2) is 6.10 Å². The molecule has 0 rings (SSSR count). The molecule has 0 aromatic rings. The highest BCUT2D eigenvalue weighted by molar-refractivity contribution is 7.47. The molecule has 1 N–H and O–H groups in total. The number of hydrogen-bond donors (Lipinski definition) is 1. The largest absolute Gasteiger partial charge is 0.472 e. The highest BCUT2D eigenvalue weighted by atomic mass is 31.2. The van der Waals surface area contributed by atoms with Crippen molar-refractivity contribution in [2.24, 2.45) is 0 Å². The van der Waals surface area contributed by atoms with Crippen molar-refractivity contribution in [2.75, 3.05) is 47.5 Å². The summed E-state index contributed by atoms with van der Waals surface area (Å²) in [6, 6.07) is 0. The van der Waals surface area contributed by atoms with Crippen molar-refractivity contribution in [2.45, 2.75) is 187 Å². The van der Waals surface area contributed by atoms with Crippen LogP contribution in [0.3, 0.4) is 0 Å². The Labute approximate surface area is 428 Å². The molecular formula is C60H99NO8P+. The molecule has 0 aromatic heterocycles.